The van der Waals surface area contributed by atoms with E-state index in [2.05, 4.69) is 5.32 Å². The van der Waals surface area contributed by atoms with Crippen molar-refractivity contribution < 1.29 is 14.7 Å². The van der Waals surface area contributed by atoms with Crippen molar-refractivity contribution in [2.24, 2.45) is 5.92 Å². The number of aryl methyl sites for hydroxylation is 1. The van der Waals surface area contributed by atoms with Crippen LogP contribution in [0.25, 0.3) is 11.1 Å². The molecule has 184 valence electrons. The summed E-state index contributed by atoms with van der Waals surface area (Å²) in [7, 11) is 0. The average Bonchev–Trinajstić information content (AvgIpc) is 2.77. The summed E-state index contributed by atoms with van der Waals surface area (Å²) >= 11 is 12.7. The van der Waals surface area contributed by atoms with Crippen molar-refractivity contribution in [1.29, 1.82) is 0 Å². The lowest BCUT2D eigenvalue weighted by atomic mass is 9.96. The summed E-state index contributed by atoms with van der Waals surface area (Å²) in [5, 5.41) is 13.4. The summed E-state index contributed by atoms with van der Waals surface area (Å²) in [5.41, 5.74) is 2.44. The van der Waals surface area contributed by atoms with Crippen LogP contribution < -0.4 is 10.9 Å². The number of amides is 1. The molecule has 2 aromatic carbocycles. The Kier molecular flexibility index (Phi) is 8.76. The lowest BCUT2D eigenvalue weighted by Crippen LogP contribution is -2.40. The van der Waals surface area contributed by atoms with Gasteiger partial charge in [-0.3, -0.25) is 14.4 Å². The molecule has 0 aliphatic carbocycles. The van der Waals surface area contributed by atoms with Gasteiger partial charge in [0.05, 0.1) is 12.5 Å². The third-order valence-electron chi connectivity index (χ3n) is 5.67. The summed E-state index contributed by atoms with van der Waals surface area (Å²) in [4.78, 5) is 37.8. The lowest BCUT2D eigenvalue weighted by molar-refractivity contribution is -0.138. The summed E-state index contributed by atoms with van der Waals surface area (Å²) < 4.78 is 1.40. The molecule has 6 nitrogen and oxygen atoms in total. The molecule has 0 radical (unpaired) electrons. The molecule has 0 bridgehead atoms. The lowest BCUT2D eigenvalue weighted by Gasteiger charge is -2.25. The average molecular weight is 515 g/mol. The Morgan fingerprint density at radius 3 is 2.29 bits per heavy atom. The minimum absolute atomic E-state index is 0.127. The number of hydrogen-bond acceptors (Lipinski definition) is 3. The number of pyridine rings is 1. The fourth-order valence-electron chi connectivity index (χ4n) is 4.02. The third-order valence-corrected chi connectivity index (χ3v) is 6.30. The van der Waals surface area contributed by atoms with E-state index < -0.39 is 24.0 Å². The first kappa shape index (κ1) is 26.5. The number of hydrogen-bond donors (Lipinski definition) is 2. The molecule has 1 heterocycles. The monoisotopic (exact) mass is 514 g/mol. The van der Waals surface area contributed by atoms with Crippen LogP contribution in [-0.2, 0) is 9.59 Å². The van der Waals surface area contributed by atoms with Crippen molar-refractivity contribution in [2.75, 3.05) is 0 Å². The highest BCUT2D eigenvalue weighted by molar-refractivity contribution is 6.39. The van der Waals surface area contributed by atoms with Gasteiger partial charge in [-0.05, 0) is 60.2 Å². The van der Waals surface area contributed by atoms with Gasteiger partial charge in [-0.1, -0.05) is 61.3 Å². The predicted octanol–water partition coefficient (Wildman–Crippen LogP) is 6.05. The zero-order chi connectivity index (χ0) is 25.7. The zero-order valence-corrected chi connectivity index (χ0v) is 21.3. The highest BCUT2D eigenvalue weighted by Crippen LogP contribution is 2.36. The summed E-state index contributed by atoms with van der Waals surface area (Å²) in [6, 6.07) is 14.0. The number of benzene rings is 2. The molecular weight excluding hydrogens is 487 g/mol. The van der Waals surface area contributed by atoms with E-state index in [9.17, 15) is 19.5 Å². The molecule has 0 spiro atoms. The third kappa shape index (κ3) is 6.74. The smallest absolute Gasteiger partial charge is 0.305 e. The standard InChI is InChI=1S/C27H28Cl2N2O4/c1-16(2)12-23(31-11-10-17(3)13-24(31)32)27(35)30-22(15-25(33)34)18-6-4-7-19(14-18)26-20(28)8-5-9-21(26)29/h4-11,13-14,16,22-23H,12,15H2,1-3H3,(H,30,35)(H,33,34)/t22-,23?/m0/s1. The van der Waals surface area contributed by atoms with Gasteiger partial charge in [-0.2, -0.15) is 0 Å². The fraction of sp³-hybridized carbons (Fsp3) is 0.296. The van der Waals surface area contributed by atoms with Gasteiger partial charge in [-0.25, -0.2) is 0 Å². The SMILES string of the molecule is Cc1ccn(C(CC(C)C)C(=O)N[C@@H](CC(=O)O)c2cccc(-c3c(Cl)cccc3Cl)c2)c(=O)c1. The van der Waals surface area contributed by atoms with Gasteiger partial charge in [0.2, 0.25) is 5.91 Å². The Morgan fingerprint density at radius 1 is 1.03 bits per heavy atom. The Labute approximate surface area is 214 Å². The van der Waals surface area contributed by atoms with Crippen LogP contribution in [0.15, 0.2) is 65.6 Å². The molecule has 0 saturated heterocycles. The van der Waals surface area contributed by atoms with Crippen LogP contribution in [-0.4, -0.2) is 21.6 Å². The van der Waals surface area contributed by atoms with Crippen LogP contribution in [0.4, 0.5) is 0 Å². The Morgan fingerprint density at radius 2 is 1.69 bits per heavy atom. The molecule has 2 N–H and O–H groups in total. The second-order valence-electron chi connectivity index (χ2n) is 8.98. The normalized spacial score (nSPS) is 12.9. The number of halogens is 2. The molecule has 0 aliphatic rings. The molecule has 35 heavy (non-hydrogen) atoms. The molecular formula is C27H28Cl2N2O4. The van der Waals surface area contributed by atoms with Crippen molar-refractivity contribution in [3.63, 3.8) is 0 Å². The van der Waals surface area contributed by atoms with Gasteiger partial charge in [0.25, 0.3) is 5.56 Å². The Bertz CT molecular complexity index is 1270. The van der Waals surface area contributed by atoms with Gasteiger partial charge in [0, 0.05) is 27.9 Å². The number of nitrogens with zero attached hydrogens (tertiary/aromatic N) is 1. The minimum atomic E-state index is -1.07. The van der Waals surface area contributed by atoms with E-state index in [-0.39, 0.29) is 17.9 Å². The summed E-state index contributed by atoms with van der Waals surface area (Å²) in [6.45, 7) is 5.74. The molecule has 1 amide bonds. The van der Waals surface area contributed by atoms with Crippen molar-refractivity contribution in [1.82, 2.24) is 9.88 Å². The number of carbonyl (C=O) groups excluding carboxylic acids is 1. The van der Waals surface area contributed by atoms with Gasteiger partial charge in [-0.15, -0.1) is 0 Å². The molecule has 0 saturated carbocycles. The Hall–Kier alpha value is -3.09. The van der Waals surface area contributed by atoms with Crippen LogP contribution in [0.1, 0.15) is 49.9 Å². The molecule has 3 rings (SSSR count). The quantitative estimate of drug-likeness (QED) is 0.363. The highest BCUT2D eigenvalue weighted by atomic mass is 35.5. The summed E-state index contributed by atoms with van der Waals surface area (Å²) in [5.74, 6) is -1.36. The van der Waals surface area contributed by atoms with Gasteiger partial charge in [0.15, 0.2) is 0 Å². The molecule has 1 aromatic heterocycles. The van der Waals surface area contributed by atoms with Crippen LogP contribution in [0, 0.1) is 12.8 Å². The second kappa shape index (κ2) is 11.6. The predicted molar refractivity (Wildman–Crippen MR) is 139 cm³/mol. The number of aromatic nitrogens is 1. The topological polar surface area (TPSA) is 88.4 Å². The van der Waals surface area contributed by atoms with Gasteiger partial charge in [0.1, 0.15) is 6.04 Å². The number of rotatable bonds is 9. The van der Waals surface area contributed by atoms with E-state index in [1.807, 2.05) is 26.8 Å². The zero-order valence-electron chi connectivity index (χ0n) is 19.8. The van der Waals surface area contributed by atoms with E-state index >= 15 is 0 Å². The van der Waals surface area contributed by atoms with Crippen LogP contribution in [0.5, 0.6) is 0 Å². The molecule has 0 aliphatic heterocycles. The van der Waals surface area contributed by atoms with Crippen molar-refractivity contribution >= 4 is 35.1 Å². The minimum Gasteiger partial charge on any atom is -0.481 e. The number of carbonyl (C=O) groups is 2. The number of aliphatic carboxylic acids is 1. The highest BCUT2D eigenvalue weighted by Gasteiger charge is 2.27. The van der Waals surface area contributed by atoms with E-state index in [0.29, 0.717) is 33.2 Å². The van der Waals surface area contributed by atoms with Crippen molar-refractivity contribution in [3.05, 3.63) is 92.3 Å². The van der Waals surface area contributed by atoms with Gasteiger partial charge >= 0.3 is 5.97 Å². The van der Waals surface area contributed by atoms with Crippen LogP contribution in [0.2, 0.25) is 10.0 Å². The largest absolute Gasteiger partial charge is 0.481 e. The van der Waals surface area contributed by atoms with E-state index in [0.717, 1.165) is 5.56 Å². The molecule has 1 unspecified atom stereocenters. The molecule has 8 heteroatoms. The summed E-state index contributed by atoms with van der Waals surface area (Å²) in [6.07, 6.45) is 1.70. The number of nitrogens with one attached hydrogen (secondary N) is 1. The van der Waals surface area contributed by atoms with E-state index in [4.69, 9.17) is 23.2 Å². The maximum atomic E-state index is 13.4. The van der Waals surface area contributed by atoms with E-state index in [1.165, 1.54) is 10.6 Å². The first-order valence-corrected chi connectivity index (χ1v) is 12.1. The first-order chi connectivity index (χ1) is 16.6. The van der Waals surface area contributed by atoms with Crippen molar-refractivity contribution in [2.45, 2.75) is 45.7 Å². The molecule has 3 aromatic rings. The Balaban J connectivity index is 1.98. The fourth-order valence-corrected chi connectivity index (χ4v) is 4.63. The first-order valence-electron chi connectivity index (χ1n) is 11.3. The number of carboxylic acid groups (broad SMARTS) is 1. The number of carboxylic acids is 1. The van der Waals surface area contributed by atoms with Crippen molar-refractivity contribution in [3.8, 4) is 11.1 Å². The van der Waals surface area contributed by atoms with Gasteiger partial charge < -0.3 is 15.0 Å². The van der Waals surface area contributed by atoms with Crippen LogP contribution in [0.3, 0.4) is 0 Å². The van der Waals surface area contributed by atoms with Crippen LogP contribution >= 0.6 is 23.2 Å². The maximum Gasteiger partial charge on any atom is 0.305 e. The second-order valence-corrected chi connectivity index (χ2v) is 9.79. The maximum absolute atomic E-state index is 13.4. The molecule has 2 atom stereocenters. The van der Waals surface area contributed by atoms with E-state index in [1.54, 1.807) is 48.7 Å². The molecule has 0 fully saturated rings.